The molecular formula is C11H18N2O3. The van der Waals surface area contributed by atoms with Gasteiger partial charge in [-0.25, -0.2) is 0 Å². The summed E-state index contributed by atoms with van der Waals surface area (Å²) in [6.45, 7) is 3.82. The molecule has 0 saturated carbocycles. The van der Waals surface area contributed by atoms with Crippen molar-refractivity contribution in [3.05, 3.63) is 21.7 Å². The van der Waals surface area contributed by atoms with Crippen molar-refractivity contribution in [2.24, 2.45) is 0 Å². The molecule has 90 valence electrons. The maximum atomic E-state index is 11.6. The van der Waals surface area contributed by atoms with Crippen LogP contribution in [0.2, 0.25) is 0 Å². The first-order valence-electron chi connectivity index (χ1n) is 5.42. The average Bonchev–Trinajstić information content (AvgIpc) is 2.23. The monoisotopic (exact) mass is 226 g/mol. The number of methoxy groups -OCH3 is 1. The molecule has 1 unspecified atom stereocenters. The summed E-state index contributed by atoms with van der Waals surface area (Å²) >= 11 is 0. The Labute approximate surface area is 94.5 Å². The Bertz CT molecular complexity index is 401. The molecule has 0 aliphatic carbocycles. The smallest absolute Gasteiger partial charge is 0.257 e. The van der Waals surface area contributed by atoms with E-state index in [9.17, 15) is 9.90 Å². The van der Waals surface area contributed by atoms with Gasteiger partial charge >= 0.3 is 0 Å². The maximum Gasteiger partial charge on any atom is 0.257 e. The number of hydrogen-bond donors (Lipinski definition) is 2. The quantitative estimate of drug-likeness (QED) is 0.785. The Morgan fingerprint density at radius 2 is 2.25 bits per heavy atom. The van der Waals surface area contributed by atoms with E-state index in [2.05, 4.69) is 9.97 Å². The number of aromatic amines is 1. The molecule has 1 heterocycles. The van der Waals surface area contributed by atoms with Crippen LogP contribution in [-0.2, 0) is 17.6 Å². The first kappa shape index (κ1) is 12.7. The normalized spacial score (nSPS) is 12.7. The summed E-state index contributed by atoms with van der Waals surface area (Å²) in [6.07, 6.45) is 1.77. The molecule has 0 radical (unpaired) electrons. The molecule has 1 rings (SSSR count). The van der Waals surface area contributed by atoms with Crippen molar-refractivity contribution in [3.8, 4) is 5.88 Å². The zero-order valence-electron chi connectivity index (χ0n) is 9.91. The maximum absolute atomic E-state index is 11.6. The summed E-state index contributed by atoms with van der Waals surface area (Å²) in [6, 6.07) is 0. The fourth-order valence-electron chi connectivity index (χ4n) is 1.46. The van der Waals surface area contributed by atoms with Crippen LogP contribution in [0.25, 0.3) is 0 Å². The number of aromatic nitrogens is 2. The minimum absolute atomic E-state index is 0.0421. The molecule has 0 fully saturated rings. The Morgan fingerprint density at radius 3 is 2.75 bits per heavy atom. The van der Waals surface area contributed by atoms with Crippen molar-refractivity contribution >= 4 is 0 Å². The van der Waals surface area contributed by atoms with E-state index in [1.165, 1.54) is 0 Å². The number of nitrogens with one attached hydrogen (secondary N) is 1. The van der Waals surface area contributed by atoms with Crippen LogP contribution >= 0.6 is 0 Å². The van der Waals surface area contributed by atoms with Gasteiger partial charge in [-0.15, -0.1) is 0 Å². The van der Waals surface area contributed by atoms with Crippen molar-refractivity contribution < 1.29 is 9.84 Å². The van der Waals surface area contributed by atoms with E-state index in [1.54, 1.807) is 7.11 Å². The summed E-state index contributed by atoms with van der Waals surface area (Å²) in [5.74, 6) is 0.292. The summed E-state index contributed by atoms with van der Waals surface area (Å²) in [5.41, 5.74) is 0.101. The van der Waals surface area contributed by atoms with Crippen LogP contribution in [0.3, 0.4) is 0 Å². The largest absolute Gasteiger partial charge is 0.493 e. The Hall–Kier alpha value is -1.36. The van der Waals surface area contributed by atoms with Crippen LogP contribution in [0.4, 0.5) is 0 Å². The van der Waals surface area contributed by atoms with Crippen molar-refractivity contribution in [2.75, 3.05) is 7.11 Å². The third kappa shape index (κ3) is 3.06. The van der Waals surface area contributed by atoms with Crippen molar-refractivity contribution in [2.45, 2.75) is 39.2 Å². The van der Waals surface area contributed by atoms with Gasteiger partial charge in [0.05, 0.1) is 11.7 Å². The highest BCUT2D eigenvalue weighted by atomic mass is 16.5. The molecule has 0 spiro atoms. The number of H-pyrrole nitrogens is 1. The first-order valence-corrected chi connectivity index (χ1v) is 5.42. The van der Waals surface area contributed by atoms with E-state index >= 15 is 0 Å². The Balaban J connectivity index is 2.96. The van der Waals surface area contributed by atoms with E-state index in [4.69, 9.17) is 4.74 Å². The minimum atomic E-state index is -0.257. The molecule has 0 aromatic carbocycles. The van der Waals surface area contributed by atoms with E-state index < -0.39 is 0 Å². The second-order valence-corrected chi connectivity index (χ2v) is 3.82. The predicted octanol–water partition coefficient (Wildman–Crippen LogP) is 1.01. The summed E-state index contributed by atoms with van der Waals surface area (Å²) in [4.78, 5) is 18.2. The zero-order chi connectivity index (χ0) is 12.1. The molecule has 16 heavy (non-hydrogen) atoms. The molecule has 2 N–H and O–H groups in total. The lowest BCUT2D eigenvalue weighted by molar-refractivity contribution is 0.117. The second-order valence-electron chi connectivity index (χ2n) is 3.82. The van der Waals surface area contributed by atoms with Crippen molar-refractivity contribution in [1.29, 1.82) is 0 Å². The molecule has 0 aliphatic heterocycles. The van der Waals surface area contributed by atoms with Gasteiger partial charge in [-0.2, -0.15) is 4.98 Å². The average molecular weight is 226 g/mol. The summed E-state index contributed by atoms with van der Waals surface area (Å²) < 4.78 is 5.07. The third-order valence-electron chi connectivity index (χ3n) is 2.43. The second kappa shape index (κ2) is 5.65. The van der Waals surface area contributed by atoms with E-state index in [1.807, 2.05) is 13.8 Å². The third-order valence-corrected chi connectivity index (χ3v) is 2.43. The van der Waals surface area contributed by atoms with Gasteiger partial charge in [-0.1, -0.05) is 13.3 Å². The van der Waals surface area contributed by atoms with Crippen LogP contribution in [0, 0.1) is 0 Å². The van der Waals surface area contributed by atoms with Crippen LogP contribution in [0.1, 0.15) is 31.7 Å². The number of hydrogen-bond acceptors (Lipinski definition) is 4. The van der Waals surface area contributed by atoms with Gasteiger partial charge in [0.15, 0.2) is 0 Å². The van der Waals surface area contributed by atoms with Crippen LogP contribution in [-0.4, -0.2) is 28.3 Å². The molecule has 1 aromatic heterocycles. The summed E-state index contributed by atoms with van der Waals surface area (Å²) in [7, 11) is 1.59. The molecule has 0 bridgehead atoms. The first-order chi connectivity index (χ1) is 7.58. The SMILES string of the molecule is CCCc1c(O)nc(CC(C)OC)[nH]c1=O. The lowest BCUT2D eigenvalue weighted by Gasteiger charge is -2.09. The van der Waals surface area contributed by atoms with Gasteiger partial charge in [0, 0.05) is 13.5 Å². The lowest BCUT2D eigenvalue weighted by Crippen LogP contribution is -2.20. The van der Waals surface area contributed by atoms with Crippen molar-refractivity contribution in [1.82, 2.24) is 9.97 Å². The molecule has 1 atom stereocenters. The number of rotatable bonds is 5. The highest BCUT2D eigenvalue weighted by Gasteiger charge is 2.11. The van der Waals surface area contributed by atoms with Gasteiger partial charge in [0.1, 0.15) is 5.82 Å². The van der Waals surface area contributed by atoms with Crippen LogP contribution in [0.5, 0.6) is 5.88 Å². The fourth-order valence-corrected chi connectivity index (χ4v) is 1.46. The van der Waals surface area contributed by atoms with E-state index in [-0.39, 0.29) is 17.5 Å². The van der Waals surface area contributed by atoms with Gasteiger partial charge in [-0.3, -0.25) is 4.79 Å². The zero-order valence-corrected chi connectivity index (χ0v) is 9.91. The fraction of sp³-hybridized carbons (Fsp3) is 0.636. The minimum Gasteiger partial charge on any atom is -0.493 e. The lowest BCUT2D eigenvalue weighted by atomic mass is 10.2. The van der Waals surface area contributed by atoms with Gasteiger partial charge < -0.3 is 14.8 Å². The van der Waals surface area contributed by atoms with E-state index in [0.717, 1.165) is 6.42 Å². The van der Waals surface area contributed by atoms with Crippen molar-refractivity contribution in [3.63, 3.8) is 0 Å². The molecule has 0 saturated heterocycles. The molecule has 1 aromatic rings. The number of nitrogens with zero attached hydrogens (tertiary/aromatic N) is 1. The standard InChI is InChI=1S/C11H18N2O3/c1-4-5-8-10(14)12-9(13-11(8)15)6-7(2)16-3/h7H,4-6H2,1-3H3,(H2,12,13,14,15). The molecule has 0 amide bonds. The number of aromatic hydroxyl groups is 1. The summed E-state index contributed by atoms with van der Waals surface area (Å²) in [5, 5.41) is 9.62. The molecule has 5 nitrogen and oxygen atoms in total. The Morgan fingerprint density at radius 1 is 1.56 bits per heavy atom. The van der Waals surface area contributed by atoms with E-state index in [0.29, 0.717) is 24.2 Å². The highest BCUT2D eigenvalue weighted by Crippen LogP contribution is 2.11. The number of ether oxygens (including phenoxy) is 1. The van der Waals surface area contributed by atoms with Gasteiger partial charge in [0.2, 0.25) is 5.88 Å². The van der Waals surface area contributed by atoms with Gasteiger partial charge in [0.25, 0.3) is 5.56 Å². The highest BCUT2D eigenvalue weighted by molar-refractivity contribution is 5.22. The predicted molar refractivity (Wildman–Crippen MR) is 60.7 cm³/mol. The molecule has 5 heteroatoms. The molecular weight excluding hydrogens is 208 g/mol. The topological polar surface area (TPSA) is 75.2 Å². The Kier molecular flexibility index (Phi) is 4.49. The van der Waals surface area contributed by atoms with Crippen LogP contribution in [0.15, 0.2) is 4.79 Å². The molecule has 0 aliphatic rings. The van der Waals surface area contributed by atoms with Gasteiger partial charge in [-0.05, 0) is 13.3 Å². The van der Waals surface area contributed by atoms with Crippen LogP contribution < -0.4 is 5.56 Å².